The lowest BCUT2D eigenvalue weighted by Crippen LogP contribution is -2.23. The first-order valence-electron chi connectivity index (χ1n) is 9.93. The standard InChI is InChI=1S/C24H24N2O4/c1-16-9-17(2)11-19(10-16)25-24(28)15-30-23-14-29-20(12-22(23)27)13-26-8-7-18-5-3-4-6-21(18)26/h3-6,9-12,14H,7-8,13,15H2,1-2H3,(H,25,28). The number of para-hydroxylation sites is 1. The van der Waals surface area contributed by atoms with Gasteiger partial charge in [-0.25, -0.2) is 0 Å². The zero-order valence-electron chi connectivity index (χ0n) is 17.1. The predicted molar refractivity (Wildman–Crippen MR) is 116 cm³/mol. The molecule has 0 atom stereocenters. The van der Waals surface area contributed by atoms with Crippen molar-refractivity contribution in [1.29, 1.82) is 0 Å². The Morgan fingerprint density at radius 3 is 2.67 bits per heavy atom. The van der Waals surface area contributed by atoms with Gasteiger partial charge in [-0.05, 0) is 55.2 Å². The van der Waals surface area contributed by atoms with Gasteiger partial charge in [0.05, 0.1) is 6.54 Å². The number of carbonyl (C=O) groups is 1. The van der Waals surface area contributed by atoms with Crippen LogP contribution < -0.4 is 20.4 Å². The summed E-state index contributed by atoms with van der Waals surface area (Å²) < 4.78 is 11.0. The Labute approximate surface area is 175 Å². The molecule has 6 nitrogen and oxygen atoms in total. The normalized spacial score (nSPS) is 12.5. The fourth-order valence-corrected chi connectivity index (χ4v) is 3.77. The molecule has 1 aliphatic rings. The van der Waals surface area contributed by atoms with Crippen LogP contribution in [0.2, 0.25) is 0 Å². The second-order valence-corrected chi connectivity index (χ2v) is 7.59. The zero-order valence-corrected chi connectivity index (χ0v) is 17.1. The number of hydrogen-bond acceptors (Lipinski definition) is 5. The van der Waals surface area contributed by atoms with E-state index in [-0.39, 0.29) is 23.7 Å². The first-order valence-corrected chi connectivity index (χ1v) is 9.93. The van der Waals surface area contributed by atoms with Crippen LogP contribution in [0.3, 0.4) is 0 Å². The van der Waals surface area contributed by atoms with Crippen LogP contribution in [-0.4, -0.2) is 19.1 Å². The number of fused-ring (bicyclic) bond motifs is 1. The molecule has 1 N–H and O–H groups in total. The van der Waals surface area contributed by atoms with Gasteiger partial charge in [0, 0.05) is 24.0 Å². The second kappa shape index (κ2) is 8.45. The molecule has 4 rings (SSSR count). The minimum Gasteiger partial charge on any atom is -0.477 e. The summed E-state index contributed by atoms with van der Waals surface area (Å²) in [5.41, 5.74) is 4.99. The van der Waals surface area contributed by atoms with Crippen LogP contribution in [0.1, 0.15) is 22.5 Å². The van der Waals surface area contributed by atoms with Crippen molar-refractivity contribution in [3.63, 3.8) is 0 Å². The molecule has 0 unspecified atom stereocenters. The van der Waals surface area contributed by atoms with Gasteiger partial charge in [-0.3, -0.25) is 9.59 Å². The summed E-state index contributed by atoms with van der Waals surface area (Å²) in [7, 11) is 0. The van der Waals surface area contributed by atoms with Crippen molar-refractivity contribution >= 4 is 17.3 Å². The van der Waals surface area contributed by atoms with Gasteiger partial charge in [-0.2, -0.15) is 0 Å². The van der Waals surface area contributed by atoms with Crippen LogP contribution in [0, 0.1) is 13.8 Å². The highest BCUT2D eigenvalue weighted by Gasteiger charge is 2.19. The fraction of sp³-hybridized carbons (Fsp3) is 0.250. The largest absolute Gasteiger partial charge is 0.477 e. The Bertz CT molecular complexity index is 1120. The quantitative estimate of drug-likeness (QED) is 0.676. The number of amides is 1. The maximum absolute atomic E-state index is 12.4. The summed E-state index contributed by atoms with van der Waals surface area (Å²) in [5.74, 6) is 0.247. The topological polar surface area (TPSA) is 71.8 Å². The van der Waals surface area contributed by atoms with E-state index in [0.717, 1.165) is 24.1 Å². The van der Waals surface area contributed by atoms with E-state index in [1.54, 1.807) is 0 Å². The van der Waals surface area contributed by atoms with E-state index in [2.05, 4.69) is 22.3 Å². The molecule has 0 bridgehead atoms. The second-order valence-electron chi connectivity index (χ2n) is 7.59. The Hall–Kier alpha value is -3.54. The fourth-order valence-electron chi connectivity index (χ4n) is 3.77. The molecule has 2 heterocycles. The molecule has 0 radical (unpaired) electrons. The molecule has 0 saturated heterocycles. The first-order chi connectivity index (χ1) is 14.5. The van der Waals surface area contributed by atoms with Crippen molar-refractivity contribution in [2.75, 3.05) is 23.4 Å². The Kier molecular flexibility index (Phi) is 5.57. The maximum Gasteiger partial charge on any atom is 0.262 e. The van der Waals surface area contributed by atoms with Crippen LogP contribution in [0.25, 0.3) is 0 Å². The van der Waals surface area contributed by atoms with E-state index < -0.39 is 0 Å². The average molecular weight is 404 g/mol. The van der Waals surface area contributed by atoms with Gasteiger partial charge in [-0.1, -0.05) is 24.3 Å². The third-order valence-corrected chi connectivity index (χ3v) is 5.05. The number of hydrogen-bond donors (Lipinski definition) is 1. The molecular weight excluding hydrogens is 380 g/mol. The number of carbonyl (C=O) groups excluding carboxylic acids is 1. The molecule has 1 aromatic heterocycles. The number of rotatable bonds is 6. The van der Waals surface area contributed by atoms with Crippen LogP contribution in [0.4, 0.5) is 11.4 Å². The van der Waals surface area contributed by atoms with Crippen molar-refractivity contribution in [3.8, 4) is 5.75 Å². The third kappa shape index (κ3) is 4.54. The van der Waals surface area contributed by atoms with Gasteiger partial charge in [0.1, 0.15) is 12.0 Å². The van der Waals surface area contributed by atoms with Crippen molar-refractivity contribution in [2.24, 2.45) is 0 Å². The number of nitrogens with zero attached hydrogens (tertiary/aromatic N) is 1. The Balaban J connectivity index is 1.36. The number of aryl methyl sites for hydroxylation is 2. The van der Waals surface area contributed by atoms with E-state index in [1.165, 1.54) is 23.6 Å². The van der Waals surface area contributed by atoms with Crippen LogP contribution in [0.15, 0.2) is 64.0 Å². The molecule has 0 aliphatic carbocycles. The van der Waals surface area contributed by atoms with Crippen LogP contribution in [0.5, 0.6) is 5.75 Å². The molecule has 0 saturated carbocycles. The summed E-state index contributed by atoms with van der Waals surface area (Å²) >= 11 is 0. The van der Waals surface area contributed by atoms with Crippen molar-refractivity contribution in [2.45, 2.75) is 26.8 Å². The summed E-state index contributed by atoms with van der Waals surface area (Å²) in [5, 5.41) is 2.78. The van der Waals surface area contributed by atoms with Gasteiger partial charge in [0.15, 0.2) is 6.61 Å². The smallest absolute Gasteiger partial charge is 0.262 e. The summed E-state index contributed by atoms with van der Waals surface area (Å²) in [6.07, 6.45) is 2.26. The summed E-state index contributed by atoms with van der Waals surface area (Å²) in [6, 6.07) is 15.4. The lowest BCUT2D eigenvalue weighted by Gasteiger charge is -2.18. The minimum atomic E-state index is -0.336. The van der Waals surface area contributed by atoms with E-state index in [4.69, 9.17) is 9.15 Å². The highest BCUT2D eigenvalue weighted by Crippen LogP contribution is 2.28. The number of ether oxygens (including phenoxy) is 1. The summed E-state index contributed by atoms with van der Waals surface area (Å²) in [4.78, 5) is 26.7. The number of nitrogens with one attached hydrogen (secondary N) is 1. The van der Waals surface area contributed by atoms with Crippen LogP contribution in [-0.2, 0) is 17.8 Å². The van der Waals surface area contributed by atoms with Crippen molar-refractivity contribution in [3.05, 3.63) is 87.5 Å². The zero-order chi connectivity index (χ0) is 21.1. The van der Waals surface area contributed by atoms with E-state index in [1.807, 2.05) is 44.2 Å². The first kappa shape index (κ1) is 19.8. The SMILES string of the molecule is Cc1cc(C)cc(NC(=O)COc2coc(CN3CCc4ccccc43)cc2=O)c1. The summed E-state index contributed by atoms with van der Waals surface area (Å²) in [6.45, 7) is 5.07. The molecule has 2 aromatic carbocycles. The van der Waals surface area contributed by atoms with Crippen molar-refractivity contribution < 1.29 is 13.9 Å². The van der Waals surface area contributed by atoms with Gasteiger partial charge in [-0.15, -0.1) is 0 Å². The molecule has 1 amide bonds. The lowest BCUT2D eigenvalue weighted by atomic mass is 10.1. The maximum atomic E-state index is 12.4. The molecule has 3 aromatic rings. The Morgan fingerprint density at radius 2 is 1.90 bits per heavy atom. The molecule has 1 aliphatic heterocycles. The van der Waals surface area contributed by atoms with Crippen LogP contribution >= 0.6 is 0 Å². The molecular formula is C24H24N2O4. The molecule has 0 spiro atoms. The molecule has 6 heteroatoms. The monoisotopic (exact) mass is 404 g/mol. The molecule has 0 fully saturated rings. The van der Waals surface area contributed by atoms with Gasteiger partial charge >= 0.3 is 0 Å². The third-order valence-electron chi connectivity index (χ3n) is 5.05. The molecule has 154 valence electrons. The van der Waals surface area contributed by atoms with Gasteiger partial charge < -0.3 is 19.4 Å². The highest BCUT2D eigenvalue weighted by molar-refractivity contribution is 5.92. The highest BCUT2D eigenvalue weighted by atomic mass is 16.5. The van der Waals surface area contributed by atoms with E-state index >= 15 is 0 Å². The van der Waals surface area contributed by atoms with E-state index in [9.17, 15) is 9.59 Å². The number of benzene rings is 2. The predicted octanol–water partition coefficient (Wildman–Crippen LogP) is 3.84. The average Bonchev–Trinajstić information content (AvgIpc) is 3.09. The lowest BCUT2D eigenvalue weighted by molar-refractivity contribution is -0.118. The van der Waals surface area contributed by atoms with Crippen molar-refractivity contribution in [1.82, 2.24) is 0 Å². The minimum absolute atomic E-state index is 0.0242. The Morgan fingerprint density at radius 1 is 1.13 bits per heavy atom. The van der Waals surface area contributed by atoms with Gasteiger partial charge in [0.25, 0.3) is 5.91 Å². The van der Waals surface area contributed by atoms with E-state index in [0.29, 0.717) is 18.0 Å². The molecule has 30 heavy (non-hydrogen) atoms. The number of anilines is 2. The van der Waals surface area contributed by atoms with Gasteiger partial charge in [0.2, 0.25) is 11.2 Å².